The molecule has 1 rings (SSSR count). The summed E-state index contributed by atoms with van der Waals surface area (Å²) < 4.78 is 20.0. The number of hydrogen-bond acceptors (Lipinski definition) is 8. The maximum Gasteiger partial charge on any atom is 0.339 e. The first-order chi connectivity index (χ1) is 12.6. The van der Waals surface area contributed by atoms with Crippen molar-refractivity contribution in [3.63, 3.8) is 0 Å². The number of methoxy groups -OCH3 is 1. The average molecular weight is 453 g/mol. The highest BCUT2D eigenvalue weighted by molar-refractivity contribution is 9.09. The molecule has 0 radical (unpaired) electrons. The Morgan fingerprint density at radius 1 is 1.11 bits per heavy atom. The molecule has 0 bridgehead atoms. The molecule has 0 aromatic heterocycles. The lowest BCUT2D eigenvalue weighted by atomic mass is 10.0. The number of terminal acetylenes is 1. The zero-order chi connectivity index (χ0) is 22.2. The van der Waals surface area contributed by atoms with Gasteiger partial charge in [-0.2, -0.15) is 0 Å². The summed E-state index contributed by atoms with van der Waals surface area (Å²) in [7, 11) is 1.19. The van der Waals surface area contributed by atoms with Crippen LogP contribution in [-0.2, 0) is 33.3 Å². The molecule has 1 saturated heterocycles. The van der Waals surface area contributed by atoms with Gasteiger partial charge in [-0.25, -0.2) is 4.79 Å². The van der Waals surface area contributed by atoms with Crippen LogP contribution in [0.15, 0.2) is 12.3 Å². The maximum absolute atomic E-state index is 11.6. The summed E-state index contributed by atoms with van der Waals surface area (Å²) in [6.45, 7) is 11.1. The van der Waals surface area contributed by atoms with E-state index >= 15 is 0 Å². The van der Waals surface area contributed by atoms with Crippen LogP contribution in [0.4, 0.5) is 0 Å². The number of rotatable bonds is 3. The Balaban J connectivity index is -0.000000621. The van der Waals surface area contributed by atoms with Crippen molar-refractivity contribution in [2.45, 2.75) is 64.4 Å². The Labute approximate surface area is 169 Å². The number of aliphatic hydroxyl groups excluding tert-OH is 1. The fourth-order valence-corrected chi connectivity index (χ4v) is 2.37. The Hall–Kier alpha value is -2.05. The van der Waals surface area contributed by atoms with Crippen molar-refractivity contribution in [2.24, 2.45) is 0 Å². The minimum Gasteiger partial charge on any atom is -0.513 e. The molecule has 0 saturated carbocycles. The highest BCUT2D eigenvalue weighted by Gasteiger charge is 2.46. The largest absolute Gasteiger partial charge is 0.513 e. The molecular weight excluding hydrogens is 424 g/mol. The number of halogens is 1. The average Bonchev–Trinajstić information content (AvgIpc) is 2.58. The third kappa shape index (κ3) is 14.8. The van der Waals surface area contributed by atoms with Crippen molar-refractivity contribution in [1.82, 2.24) is 0 Å². The molecule has 4 atom stereocenters. The van der Waals surface area contributed by atoms with Gasteiger partial charge >= 0.3 is 17.9 Å². The SMILES string of the molecule is C#C.C=C(C)O.CC.COC(=O)C1O[C@H](Br)C[C@@H](OC(C)=O)[C@@H]1OC(C)=O. The monoisotopic (exact) mass is 452 g/mol. The number of alkyl halides is 1. The number of hydrogen-bond donors (Lipinski definition) is 1. The van der Waals surface area contributed by atoms with E-state index in [0.717, 1.165) is 0 Å². The van der Waals surface area contributed by atoms with Crippen molar-refractivity contribution >= 4 is 33.8 Å². The molecule has 0 aromatic carbocycles. The van der Waals surface area contributed by atoms with Gasteiger partial charge in [0, 0.05) is 20.3 Å². The van der Waals surface area contributed by atoms with Crippen LogP contribution in [0.5, 0.6) is 0 Å². The molecule has 9 heteroatoms. The summed E-state index contributed by atoms with van der Waals surface area (Å²) in [5.74, 6) is -1.67. The van der Waals surface area contributed by atoms with E-state index in [1.807, 2.05) is 13.8 Å². The van der Waals surface area contributed by atoms with Crippen molar-refractivity contribution < 1.29 is 38.4 Å². The van der Waals surface area contributed by atoms with Crippen molar-refractivity contribution in [3.8, 4) is 12.8 Å². The summed E-state index contributed by atoms with van der Waals surface area (Å²) in [6, 6.07) is 0. The quantitative estimate of drug-likeness (QED) is 0.229. The van der Waals surface area contributed by atoms with Crippen LogP contribution >= 0.6 is 15.9 Å². The molecule has 156 valence electrons. The van der Waals surface area contributed by atoms with Gasteiger partial charge in [0.1, 0.15) is 11.1 Å². The van der Waals surface area contributed by atoms with Crippen LogP contribution < -0.4 is 0 Å². The van der Waals surface area contributed by atoms with Gasteiger partial charge in [-0.15, -0.1) is 12.8 Å². The Morgan fingerprint density at radius 2 is 1.52 bits per heavy atom. The second kappa shape index (κ2) is 17.4. The number of carbonyl (C=O) groups excluding carboxylic acids is 3. The summed E-state index contributed by atoms with van der Waals surface area (Å²) >= 11 is 3.19. The predicted octanol–water partition coefficient (Wildman–Crippen LogP) is 2.89. The molecule has 1 fully saturated rings. The number of ether oxygens (including phenoxy) is 4. The second-order valence-corrected chi connectivity index (χ2v) is 5.70. The summed E-state index contributed by atoms with van der Waals surface area (Å²) in [5.41, 5.74) is 0. The normalized spacial score (nSPS) is 22.6. The van der Waals surface area contributed by atoms with Crippen LogP contribution in [0.3, 0.4) is 0 Å². The zero-order valence-corrected chi connectivity index (χ0v) is 18.1. The molecule has 1 heterocycles. The van der Waals surface area contributed by atoms with Crippen molar-refractivity contribution in [3.05, 3.63) is 12.3 Å². The maximum atomic E-state index is 11.6. The molecule has 1 aliphatic rings. The Bertz CT molecular complexity index is 485. The van der Waals surface area contributed by atoms with E-state index in [1.54, 1.807) is 0 Å². The lowest BCUT2D eigenvalue weighted by Crippen LogP contribution is -2.54. The summed E-state index contributed by atoms with van der Waals surface area (Å²) in [6.07, 6.45) is 5.31. The minimum atomic E-state index is -1.14. The van der Waals surface area contributed by atoms with Crippen molar-refractivity contribution in [1.29, 1.82) is 0 Å². The number of aliphatic hydroxyl groups is 1. The standard InChI is InChI=1S/C11H15BrO7.C3H6O.C2H6.C2H2/c1-5(13)17-7-4-8(12)19-10(11(15)16-3)9(7)18-6(2)14;1-3(2)4;2*1-2/h7-10H,4H2,1-3H3;4H,1H2,2H3;1-2H3;1-2H/t7-,8+,9+,10?;;;/m1.../s1. The first-order valence-electron chi connectivity index (χ1n) is 7.98. The highest BCUT2D eigenvalue weighted by Crippen LogP contribution is 2.29. The van der Waals surface area contributed by atoms with Crippen LogP contribution in [0.2, 0.25) is 0 Å². The second-order valence-electron chi connectivity index (χ2n) is 4.68. The molecule has 1 aliphatic heterocycles. The summed E-state index contributed by atoms with van der Waals surface area (Å²) in [5, 5.41) is 7.35. The van der Waals surface area contributed by atoms with Gasteiger partial charge in [-0.1, -0.05) is 36.4 Å². The van der Waals surface area contributed by atoms with Gasteiger partial charge in [-0.05, 0) is 6.92 Å². The van der Waals surface area contributed by atoms with E-state index < -0.39 is 41.2 Å². The predicted molar refractivity (Wildman–Crippen MR) is 104 cm³/mol. The first kappa shape index (κ1) is 29.7. The Kier molecular flexibility index (Phi) is 19.1. The third-order valence-electron chi connectivity index (χ3n) is 2.43. The van der Waals surface area contributed by atoms with E-state index in [0.29, 0.717) is 0 Å². The van der Waals surface area contributed by atoms with Crippen LogP contribution in [-0.4, -0.2) is 53.4 Å². The van der Waals surface area contributed by atoms with E-state index in [1.165, 1.54) is 27.9 Å². The number of esters is 3. The number of carbonyl (C=O) groups is 3. The number of allylic oxidation sites excluding steroid dienone is 1. The third-order valence-corrected chi connectivity index (χ3v) is 3.02. The fraction of sp³-hybridized carbons (Fsp3) is 0.611. The van der Waals surface area contributed by atoms with Gasteiger partial charge < -0.3 is 24.1 Å². The van der Waals surface area contributed by atoms with Crippen LogP contribution in [0.25, 0.3) is 0 Å². The van der Waals surface area contributed by atoms with E-state index in [9.17, 15) is 14.4 Å². The highest BCUT2D eigenvalue weighted by atomic mass is 79.9. The van der Waals surface area contributed by atoms with E-state index in [-0.39, 0.29) is 12.2 Å². The molecule has 0 aliphatic carbocycles. The molecule has 1 N–H and O–H groups in total. The zero-order valence-electron chi connectivity index (χ0n) is 16.6. The van der Waals surface area contributed by atoms with Crippen LogP contribution in [0, 0.1) is 12.8 Å². The lowest BCUT2D eigenvalue weighted by molar-refractivity contribution is -0.205. The smallest absolute Gasteiger partial charge is 0.339 e. The van der Waals surface area contributed by atoms with Crippen molar-refractivity contribution in [2.75, 3.05) is 7.11 Å². The molecule has 0 aromatic rings. The molecule has 1 unspecified atom stereocenters. The molecule has 0 amide bonds. The lowest BCUT2D eigenvalue weighted by Gasteiger charge is -2.37. The molecular formula is C18H29BrO8. The van der Waals surface area contributed by atoms with E-state index in [4.69, 9.17) is 19.3 Å². The minimum absolute atomic E-state index is 0.167. The Morgan fingerprint density at radius 3 is 1.85 bits per heavy atom. The van der Waals surface area contributed by atoms with Gasteiger partial charge in [0.25, 0.3) is 0 Å². The molecule has 0 spiro atoms. The van der Waals surface area contributed by atoms with Gasteiger partial charge in [0.05, 0.1) is 12.9 Å². The van der Waals surface area contributed by atoms with Gasteiger partial charge in [0.15, 0.2) is 12.2 Å². The fourth-order valence-electron chi connectivity index (χ4n) is 1.77. The molecule has 8 nitrogen and oxygen atoms in total. The molecule has 27 heavy (non-hydrogen) atoms. The van der Waals surface area contributed by atoms with Gasteiger partial charge in [0.2, 0.25) is 0 Å². The first-order valence-corrected chi connectivity index (χ1v) is 8.89. The van der Waals surface area contributed by atoms with E-state index in [2.05, 4.69) is 40.1 Å². The van der Waals surface area contributed by atoms with Crippen LogP contribution in [0.1, 0.15) is 41.0 Å². The topological polar surface area (TPSA) is 108 Å². The van der Waals surface area contributed by atoms with Gasteiger partial charge in [-0.3, -0.25) is 9.59 Å². The summed E-state index contributed by atoms with van der Waals surface area (Å²) in [4.78, 5) is 33.8.